The Morgan fingerprint density at radius 3 is 1.69 bits per heavy atom. The zero-order chi connectivity index (χ0) is 36.2. The Morgan fingerprint density at radius 2 is 1.27 bits per heavy atom. The van der Waals surface area contributed by atoms with Gasteiger partial charge in [-0.1, -0.05) is 16.5 Å². The van der Waals surface area contributed by atoms with Gasteiger partial charge in [-0.15, -0.1) is 10.2 Å². The zero-order valence-corrected chi connectivity index (χ0v) is 33.0. The van der Waals surface area contributed by atoms with E-state index in [2.05, 4.69) is 42.3 Å². The summed E-state index contributed by atoms with van der Waals surface area (Å²) >= 11 is 4.73. The molecule has 3 fully saturated rings. The van der Waals surface area contributed by atoms with Crippen LogP contribution in [0.5, 0.6) is 0 Å². The zero-order valence-electron chi connectivity index (χ0n) is 27.9. The summed E-state index contributed by atoms with van der Waals surface area (Å²) in [6.07, 6.45) is 4.75. The van der Waals surface area contributed by atoms with Gasteiger partial charge < -0.3 is 18.8 Å². The Hall–Kier alpha value is -3.04. The van der Waals surface area contributed by atoms with Gasteiger partial charge in [0.2, 0.25) is 0 Å². The van der Waals surface area contributed by atoms with Gasteiger partial charge >= 0.3 is 19.3 Å². The first-order valence-corrected chi connectivity index (χ1v) is 17.3. The van der Waals surface area contributed by atoms with Crippen LogP contribution in [0.25, 0.3) is 0 Å². The smallest absolute Gasteiger partial charge is 0.442 e. The average molecular weight is 918 g/mol. The summed E-state index contributed by atoms with van der Waals surface area (Å²) in [5, 5.41) is 15.1. The van der Waals surface area contributed by atoms with E-state index in [1.54, 1.807) is 80.8 Å². The molecule has 21 heteroatoms. The maximum atomic E-state index is 14.8. The average Bonchev–Trinajstić information content (AvgIpc) is 3.91. The Kier molecular flexibility index (Phi) is 13.7. The van der Waals surface area contributed by atoms with Gasteiger partial charge in [0, 0.05) is 36.4 Å². The summed E-state index contributed by atoms with van der Waals surface area (Å²) < 4.78 is 54.3. The summed E-state index contributed by atoms with van der Waals surface area (Å²) in [5.41, 5.74) is 4.54. The number of carbonyl (C=O) groups is 2. The molecule has 3 aliphatic rings. The minimum Gasteiger partial charge on any atom is -0.442 e. The summed E-state index contributed by atoms with van der Waals surface area (Å²) in [6.45, 7) is 9.10. The monoisotopic (exact) mass is 917 g/mol. The van der Waals surface area contributed by atoms with Gasteiger partial charge in [0.05, 0.1) is 65.6 Å². The fourth-order valence-electron chi connectivity index (χ4n) is 5.23. The van der Waals surface area contributed by atoms with Crippen molar-refractivity contribution in [2.75, 3.05) is 22.9 Å². The van der Waals surface area contributed by atoms with Crippen molar-refractivity contribution < 1.29 is 55.7 Å². The molecule has 14 nitrogen and oxygen atoms in total. The van der Waals surface area contributed by atoms with E-state index >= 15 is 0 Å². The Balaban J connectivity index is 0.000000224. The molecular weight excluding hydrogens is 886 g/mol. The van der Waals surface area contributed by atoms with Gasteiger partial charge in [-0.25, -0.2) is 27.7 Å². The van der Waals surface area contributed by atoms with E-state index in [0.29, 0.717) is 47.5 Å². The van der Waals surface area contributed by atoms with Crippen LogP contribution in [0.1, 0.15) is 27.7 Å². The van der Waals surface area contributed by atoms with Crippen LogP contribution in [0.3, 0.4) is 0 Å². The van der Waals surface area contributed by atoms with Crippen molar-refractivity contribution in [3.05, 3.63) is 77.3 Å². The van der Waals surface area contributed by atoms with Crippen molar-refractivity contribution in [2.24, 2.45) is 0 Å². The van der Waals surface area contributed by atoms with Crippen molar-refractivity contribution in [3.63, 3.8) is 0 Å². The third-order valence-electron chi connectivity index (χ3n) is 8.49. The Bertz CT molecular complexity index is 1780. The van der Waals surface area contributed by atoms with Gasteiger partial charge in [0.25, 0.3) is 0 Å². The van der Waals surface area contributed by atoms with Crippen LogP contribution in [0.2, 0.25) is 0 Å². The van der Waals surface area contributed by atoms with Crippen LogP contribution < -0.4 is 15.3 Å². The fraction of sp³-hybridized carbons (Fsp3) is 0.400. The molecule has 267 valence electrons. The maximum Gasteiger partial charge on any atom is 0.497 e. The number of aromatic nitrogens is 6. The van der Waals surface area contributed by atoms with E-state index in [0.717, 1.165) is 0 Å². The number of amides is 2. The number of cyclic esters (lactones) is 2. The van der Waals surface area contributed by atoms with Crippen molar-refractivity contribution in [1.82, 2.24) is 30.0 Å². The van der Waals surface area contributed by atoms with Crippen molar-refractivity contribution >= 4 is 80.1 Å². The van der Waals surface area contributed by atoms with Crippen LogP contribution in [-0.2, 0) is 50.4 Å². The van der Waals surface area contributed by atoms with E-state index in [4.69, 9.17) is 18.8 Å². The van der Waals surface area contributed by atoms with Crippen LogP contribution >= 0.6 is 38.3 Å². The molecule has 0 aliphatic carbocycles. The van der Waals surface area contributed by atoms with Gasteiger partial charge in [0.15, 0.2) is 5.70 Å². The molecule has 0 unspecified atom stereocenters. The first-order chi connectivity index (χ1) is 23.8. The predicted octanol–water partition coefficient (Wildman–Crippen LogP) is 4.45. The molecule has 0 saturated carbocycles. The molecule has 51 heavy (non-hydrogen) atoms. The molecule has 3 radical (unpaired) electrons. The number of halogens is 4. The van der Waals surface area contributed by atoms with Crippen molar-refractivity contribution in [2.45, 2.75) is 64.2 Å². The number of ether oxygens (including phenoxy) is 2. The molecule has 0 N–H and O–H groups in total. The third kappa shape index (κ3) is 9.50. The van der Waals surface area contributed by atoms with E-state index in [1.807, 2.05) is 27.7 Å². The number of carbonyl (C=O) groups excluding carboxylic acids is 2. The second kappa shape index (κ2) is 17.2. The molecule has 3 saturated heterocycles. The molecule has 4 aromatic rings. The number of hydrogen-bond donors (Lipinski definition) is 0. The molecule has 2 amide bonds. The van der Waals surface area contributed by atoms with Gasteiger partial charge in [0.1, 0.15) is 23.8 Å². The molecule has 5 heterocycles. The van der Waals surface area contributed by atoms with E-state index in [-0.39, 0.29) is 30.8 Å². The topological polar surface area (TPSA) is 139 Å². The first-order valence-electron chi connectivity index (χ1n) is 15.3. The summed E-state index contributed by atoms with van der Waals surface area (Å²) in [5.74, 6) is -0.918. The molecular formula is C30H32B2BrF2IN8O6V. The SMILES string of the molecule is CC1(C)OB(c2ccc(N3C[C@H](Cn4ccnn4)OC3=O)cc2F)OC1(C)C.O=C1O[C@@H](Cn2ccnn2)CN1c1ccc(Br)c(F)c1.[B]I.[V]. The minimum absolute atomic E-state index is 0. The van der Waals surface area contributed by atoms with Crippen LogP contribution in [-0.4, -0.2) is 91.5 Å². The number of nitrogens with zero attached hydrogens (tertiary/aromatic N) is 8. The van der Waals surface area contributed by atoms with Gasteiger partial charge in [-0.3, -0.25) is 9.80 Å². The molecule has 7 rings (SSSR count). The largest absolute Gasteiger partial charge is 0.497 e. The number of rotatable bonds is 7. The normalized spacial score (nSPS) is 20.1. The quantitative estimate of drug-likeness (QED) is 0.193. The minimum atomic E-state index is -0.801. The van der Waals surface area contributed by atoms with Gasteiger partial charge in [-0.2, -0.15) is 22.4 Å². The van der Waals surface area contributed by atoms with Crippen LogP contribution in [0.15, 0.2) is 65.7 Å². The summed E-state index contributed by atoms with van der Waals surface area (Å²) in [7, 11) is -0.801. The Morgan fingerprint density at radius 1 is 0.824 bits per heavy atom. The second-order valence-electron chi connectivity index (χ2n) is 12.4. The summed E-state index contributed by atoms with van der Waals surface area (Å²) in [6, 6.07) is 9.07. The van der Waals surface area contributed by atoms with Crippen molar-refractivity contribution in [3.8, 4) is 0 Å². The summed E-state index contributed by atoms with van der Waals surface area (Å²) in [4.78, 5) is 26.9. The third-order valence-corrected chi connectivity index (χ3v) is 9.13. The van der Waals surface area contributed by atoms with E-state index < -0.39 is 42.1 Å². The molecule has 2 aromatic carbocycles. The number of hydrogen-bond acceptors (Lipinski definition) is 10. The first kappa shape index (κ1) is 40.7. The maximum absolute atomic E-state index is 14.8. The molecule has 0 bridgehead atoms. The molecule has 2 aromatic heterocycles. The standard InChI is InChI=1S/C18H22BFN4O4.C12H10BrFN4O2.BI.V/c1-17(2)18(3,4)28-19(27-17)14-6-5-12(9-15(14)20)24-11-13(26-16(24)25)10-23-8-7-21-22-23;13-10-2-1-8(5-11(10)14)18-7-9(20-12(18)19)6-17-4-3-15-16-17;1-2;/h5-9,13H,10-11H2,1-4H3;1-5,9H,6-7H2;;/t13-;9-;;/m00../s1. The number of anilines is 2. The van der Waals surface area contributed by atoms with Gasteiger partial charge in [-0.05, 0) is 74.0 Å². The predicted molar refractivity (Wildman–Crippen MR) is 191 cm³/mol. The van der Waals surface area contributed by atoms with E-state index in [1.165, 1.54) is 21.9 Å². The second-order valence-corrected chi connectivity index (χ2v) is 13.2. The van der Waals surface area contributed by atoms with Crippen molar-refractivity contribution in [1.29, 1.82) is 0 Å². The molecule has 3 aliphatic heterocycles. The molecule has 2 atom stereocenters. The van der Waals surface area contributed by atoms with E-state index in [9.17, 15) is 18.4 Å². The number of benzene rings is 2. The fourth-order valence-corrected chi connectivity index (χ4v) is 5.48. The Labute approximate surface area is 328 Å². The molecule has 0 spiro atoms. The van der Waals surface area contributed by atoms with Crippen LogP contribution in [0, 0.1) is 11.6 Å². The van der Waals surface area contributed by atoms with Crippen LogP contribution in [0.4, 0.5) is 29.7 Å².